The van der Waals surface area contributed by atoms with Crippen LogP contribution in [0.25, 0.3) is 0 Å². The van der Waals surface area contributed by atoms with Crippen LogP contribution in [-0.2, 0) is 4.79 Å². The van der Waals surface area contributed by atoms with Crippen LogP contribution in [-0.4, -0.2) is 30.5 Å². The molecule has 1 aliphatic carbocycles. The number of rotatable bonds is 5. The summed E-state index contributed by atoms with van der Waals surface area (Å²) >= 11 is 1.75. The molecule has 1 rings (SSSR count). The summed E-state index contributed by atoms with van der Waals surface area (Å²) in [5.74, 6) is 1.14. The fourth-order valence-corrected chi connectivity index (χ4v) is 2.83. The summed E-state index contributed by atoms with van der Waals surface area (Å²) in [5.41, 5.74) is 5.50. The van der Waals surface area contributed by atoms with Crippen molar-refractivity contribution in [2.45, 2.75) is 38.6 Å². The van der Waals surface area contributed by atoms with E-state index in [9.17, 15) is 4.79 Å². The second-order valence-electron chi connectivity index (χ2n) is 4.52. The average Bonchev–Trinajstić information content (AvgIpc) is 2.67. The van der Waals surface area contributed by atoms with Gasteiger partial charge in [-0.1, -0.05) is 12.8 Å². The summed E-state index contributed by atoms with van der Waals surface area (Å²) in [6.45, 7) is 2.54. The third-order valence-corrected chi connectivity index (χ3v) is 4.06. The molecule has 4 heteroatoms. The molecule has 1 amide bonds. The van der Waals surface area contributed by atoms with Crippen molar-refractivity contribution in [1.29, 1.82) is 0 Å². The van der Waals surface area contributed by atoms with E-state index in [1.807, 2.05) is 6.92 Å². The first-order valence-electron chi connectivity index (χ1n) is 5.64. The van der Waals surface area contributed by atoms with Crippen molar-refractivity contribution in [3.05, 3.63) is 0 Å². The highest BCUT2D eigenvalue weighted by molar-refractivity contribution is 7.98. The zero-order valence-corrected chi connectivity index (χ0v) is 10.5. The Balaban J connectivity index is 2.50. The van der Waals surface area contributed by atoms with E-state index in [1.165, 1.54) is 0 Å². The molecule has 15 heavy (non-hydrogen) atoms. The van der Waals surface area contributed by atoms with Gasteiger partial charge in [0.1, 0.15) is 0 Å². The molecule has 88 valence electrons. The number of nitrogens with two attached hydrogens (primary N) is 1. The van der Waals surface area contributed by atoms with E-state index in [4.69, 9.17) is 5.73 Å². The van der Waals surface area contributed by atoms with Crippen molar-refractivity contribution in [3.8, 4) is 0 Å². The normalized spacial score (nSPS) is 21.3. The molecule has 0 radical (unpaired) electrons. The molecule has 0 bridgehead atoms. The van der Waals surface area contributed by atoms with E-state index < -0.39 is 0 Å². The molecular formula is C11H22N2OS. The Kier molecular flexibility index (Phi) is 4.93. The summed E-state index contributed by atoms with van der Waals surface area (Å²) in [5, 5.41) is 3.07. The number of carbonyl (C=O) groups is 1. The molecule has 1 fully saturated rings. The van der Waals surface area contributed by atoms with Crippen LogP contribution in [0.5, 0.6) is 0 Å². The van der Waals surface area contributed by atoms with Crippen molar-refractivity contribution in [2.24, 2.45) is 11.1 Å². The Hall–Kier alpha value is -0.220. The molecule has 0 spiro atoms. The smallest absolute Gasteiger partial charge is 0.227 e. The zero-order valence-electron chi connectivity index (χ0n) is 9.71. The number of amides is 1. The number of hydrogen-bond donors (Lipinski definition) is 2. The Labute approximate surface area is 96.6 Å². The molecule has 1 atom stereocenters. The maximum absolute atomic E-state index is 12.1. The molecule has 3 nitrogen and oxygen atoms in total. The minimum Gasteiger partial charge on any atom is -0.352 e. The van der Waals surface area contributed by atoms with Crippen LogP contribution in [0, 0.1) is 5.41 Å². The Morgan fingerprint density at radius 2 is 2.13 bits per heavy atom. The van der Waals surface area contributed by atoms with Gasteiger partial charge < -0.3 is 11.1 Å². The zero-order chi connectivity index (χ0) is 11.3. The number of thioether (sulfide) groups is 1. The third-order valence-electron chi connectivity index (χ3n) is 3.23. The van der Waals surface area contributed by atoms with Crippen molar-refractivity contribution >= 4 is 17.7 Å². The lowest BCUT2D eigenvalue weighted by Crippen LogP contribution is -2.47. The van der Waals surface area contributed by atoms with Crippen LogP contribution in [0.2, 0.25) is 0 Å². The maximum Gasteiger partial charge on any atom is 0.227 e. The van der Waals surface area contributed by atoms with Crippen LogP contribution in [0.3, 0.4) is 0 Å². The van der Waals surface area contributed by atoms with Gasteiger partial charge in [0.2, 0.25) is 5.91 Å². The van der Waals surface area contributed by atoms with Gasteiger partial charge in [0.05, 0.1) is 5.41 Å². The molecule has 1 aliphatic rings. The van der Waals surface area contributed by atoms with Crippen LogP contribution in [0.4, 0.5) is 0 Å². The van der Waals surface area contributed by atoms with Crippen molar-refractivity contribution < 1.29 is 4.79 Å². The van der Waals surface area contributed by atoms with Gasteiger partial charge in [-0.05, 0) is 26.0 Å². The number of nitrogens with one attached hydrogen (secondary N) is 1. The first-order chi connectivity index (χ1) is 7.14. The van der Waals surface area contributed by atoms with Crippen molar-refractivity contribution in [3.63, 3.8) is 0 Å². The van der Waals surface area contributed by atoms with Gasteiger partial charge in [0.15, 0.2) is 0 Å². The SMILES string of the molecule is CSCC(C)NC(=O)C1(CN)CCCC1. The predicted octanol–water partition coefficient (Wildman–Crippen LogP) is 1.37. The first-order valence-corrected chi connectivity index (χ1v) is 7.04. The monoisotopic (exact) mass is 230 g/mol. The quantitative estimate of drug-likeness (QED) is 0.750. The summed E-state index contributed by atoms with van der Waals surface area (Å²) in [7, 11) is 0. The number of hydrogen-bond acceptors (Lipinski definition) is 3. The van der Waals surface area contributed by atoms with Crippen molar-refractivity contribution in [1.82, 2.24) is 5.32 Å². The highest BCUT2D eigenvalue weighted by Crippen LogP contribution is 2.37. The molecule has 0 aromatic carbocycles. The summed E-state index contributed by atoms with van der Waals surface area (Å²) in [4.78, 5) is 12.1. The molecule has 0 aromatic rings. The molecule has 0 heterocycles. The lowest BCUT2D eigenvalue weighted by molar-refractivity contribution is -0.130. The third kappa shape index (κ3) is 3.11. The molecule has 0 aliphatic heterocycles. The van der Waals surface area contributed by atoms with Crippen LogP contribution >= 0.6 is 11.8 Å². The lowest BCUT2D eigenvalue weighted by atomic mass is 9.85. The van der Waals surface area contributed by atoms with Crippen LogP contribution < -0.4 is 11.1 Å². The molecule has 3 N–H and O–H groups in total. The highest BCUT2D eigenvalue weighted by Gasteiger charge is 2.39. The van der Waals surface area contributed by atoms with Crippen LogP contribution in [0.1, 0.15) is 32.6 Å². The van der Waals surface area contributed by atoms with Gasteiger partial charge in [0.25, 0.3) is 0 Å². The minimum absolute atomic E-state index is 0.170. The second-order valence-corrected chi connectivity index (χ2v) is 5.43. The highest BCUT2D eigenvalue weighted by atomic mass is 32.2. The van der Waals surface area contributed by atoms with Gasteiger partial charge in [-0.3, -0.25) is 4.79 Å². The maximum atomic E-state index is 12.1. The van der Waals surface area contributed by atoms with E-state index in [2.05, 4.69) is 11.6 Å². The van der Waals surface area contributed by atoms with Gasteiger partial charge in [-0.2, -0.15) is 11.8 Å². The van der Waals surface area contributed by atoms with Gasteiger partial charge in [0, 0.05) is 18.3 Å². The fourth-order valence-electron chi connectivity index (χ4n) is 2.24. The summed E-state index contributed by atoms with van der Waals surface area (Å²) in [6, 6.07) is 0.247. The minimum atomic E-state index is -0.257. The van der Waals surface area contributed by atoms with E-state index >= 15 is 0 Å². The van der Waals surface area contributed by atoms with E-state index in [-0.39, 0.29) is 17.4 Å². The summed E-state index contributed by atoms with van der Waals surface area (Å²) < 4.78 is 0. The molecular weight excluding hydrogens is 208 g/mol. The Bertz CT molecular complexity index is 215. The predicted molar refractivity (Wildman–Crippen MR) is 65.9 cm³/mol. The van der Waals surface area contributed by atoms with Gasteiger partial charge in [-0.25, -0.2) is 0 Å². The Morgan fingerprint density at radius 3 is 2.60 bits per heavy atom. The second kappa shape index (κ2) is 5.75. The fraction of sp³-hybridized carbons (Fsp3) is 0.909. The van der Waals surface area contributed by atoms with E-state index in [0.29, 0.717) is 6.54 Å². The Morgan fingerprint density at radius 1 is 1.53 bits per heavy atom. The standard InChI is InChI=1S/C11H22N2OS/c1-9(7-15-2)13-10(14)11(8-12)5-3-4-6-11/h9H,3-8,12H2,1-2H3,(H,13,14). The largest absolute Gasteiger partial charge is 0.352 e. The van der Waals surface area contributed by atoms with Crippen LogP contribution in [0.15, 0.2) is 0 Å². The van der Waals surface area contributed by atoms with Gasteiger partial charge in [-0.15, -0.1) is 0 Å². The average molecular weight is 230 g/mol. The molecule has 0 aromatic heterocycles. The summed E-state index contributed by atoms with van der Waals surface area (Å²) in [6.07, 6.45) is 6.25. The van der Waals surface area contributed by atoms with Gasteiger partial charge >= 0.3 is 0 Å². The topological polar surface area (TPSA) is 55.1 Å². The van der Waals surface area contributed by atoms with Crippen molar-refractivity contribution in [2.75, 3.05) is 18.6 Å². The first kappa shape index (κ1) is 12.8. The molecule has 1 unspecified atom stereocenters. The molecule has 0 saturated heterocycles. The molecule has 1 saturated carbocycles. The lowest BCUT2D eigenvalue weighted by Gasteiger charge is -2.27. The van der Waals surface area contributed by atoms with E-state index in [0.717, 1.165) is 31.4 Å². The number of carbonyl (C=O) groups excluding carboxylic acids is 1. The van der Waals surface area contributed by atoms with E-state index in [1.54, 1.807) is 11.8 Å².